The lowest BCUT2D eigenvalue weighted by Crippen LogP contribution is -2.38. The molecule has 4 N–H and O–H groups in total. The number of fused-ring (bicyclic) bond motifs is 1. The molecule has 0 aromatic carbocycles. The summed E-state index contributed by atoms with van der Waals surface area (Å²) in [6.45, 7) is -0.455. The van der Waals surface area contributed by atoms with E-state index in [1.165, 1.54) is 12.7 Å². The number of hydrogen-bond donors (Lipinski definition) is 4. The van der Waals surface area contributed by atoms with Crippen molar-refractivity contribution in [2.24, 2.45) is 0 Å². The van der Waals surface area contributed by atoms with Crippen molar-refractivity contribution in [2.45, 2.75) is 24.6 Å². The quantitative estimate of drug-likeness (QED) is 0.466. The van der Waals surface area contributed by atoms with Crippen LogP contribution in [0, 0.1) is 0 Å². The number of rotatable bonds is 3. The molecule has 108 valence electrons. The zero-order valence-corrected chi connectivity index (χ0v) is 10.1. The fourth-order valence-corrected chi connectivity index (χ4v) is 1.98. The molecular weight excluding hydrogens is 272 g/mol. The Morgan fingerprint density at radius 1 is 1.40 bits per heavy atom. The minimum Gasteiger partial charge on any atom is -0.394 e. The van der Waals surface area contributed by atoms with Crippen molar-refractivity contribution in [3.63, 3.8) is 0 Å². The summed E-state index contributed by atoms with van der Waals surface area (Å²) in [4.78, 5) is 26.8. The van der Waals surface area contributed by atoms with Gasteiger partial charge in [-0.25, -0.2) is 4.98 Å². The fraction of sp³-hybridized carbons (Fsp3) is 0.500. The monoisotopic (exact) mass is 284 g/mol. The van der Waals surface area contributed by atoms with Crippen LogP contribution in [0.2, 0.25) is 0 Å². The molecule has 2 aromatic heterocycles. The largest absolute Gasteiger partial charge is 0.394 e. The molecule has 1 fully saturated rings. The average molecular weight is 284 g/mol. The molecule has 10 heteroatoms. The summed E-state index contributed by atoms with van der Waals surface area (Å²) in [5.74, 6) is 0. The summed E-state index contributed by atoms with van der Waals surface area (Å²) >= 11 is 0. The van der Waals surface area contributed by atoms with Gasteiger partial charge in [0.25, 0.3) is 6.29 Å². The lowest BCUT2D eigenvalue weighted by molar-refractivity contribution is -0.169. The Morgan fingerprint density at radius 3 is 2.90 bits per heavy atom. The van der Waals surface area contributed by atoms with Crippen LogP contribution >= 0.6 is 0 Å². The van der Waals surface area contributed by atoms with E-state index in [1.807, 2.05) is 0 Å². The standard InChI is InChI=1S/C10H12N4O6/c15-1-4-6(16)7(17)10(19-4)20-14-3-13-5-8(14)11-2-12-9(5)18/h2-4,6-7,10,15-17H,1H2,(H,11,12,18)/t4-,6-,7-,10-/m1/s1. The highest BCUT2D eigenvalue weighted by Gasteiger charge is 2.44. The molecule has 0 unspecified atom stereocenters. The minimum atomic E-state index is -1.34. The Balaban J connectivity index is 1.87. The maximum absolute atomic E-state index is 11.4. The number of aliphatic hydroxyl groups is 3. The minimum absolute atomic E-state index is 0.0687. The summed E-state index contributed by atoms with van der Waals surface area (Å²) in [7, 11) is 0. The predicted molar refractivity (Wildman–Crippen MR) is 62.5 cm³/mol. The molecule has 0 aliphatic carbocycles. The van der Waals surface area contributed by atoms with Gasteiger partial charge in [-0.3, -0.25) is 4.79 Å². The smallest absolute Gasteiger partial charge is 0.300 e. The highest BCUT2D eigenvalue weighted by atomic mass is 16.8. The number of H-pyrrole nitrogens is 1. The van der Waals surface area contributed by atoms with Crippen molar-refractivity contribution in [1.29, 1.82) is 0 Å². The predicted octanol–water partition coefficient (Wildman–Crippen LogP) is -3.01. The van der Waals surface area contributed by atoms with E-state index < -0.39 is 36.8 Å². The molecule has 0 bridgehead atoms. The maximum atomic E-state index is 11.4. The molecule has 10 nitrogen and oxygen atoms in total. The van der Waals surface area contributed by atoms with Gasteiger partial charge in [0.1, 0.15) is 24.6 Å². The van der Waals surface area contributed by atoms with Crippen LogP contribution in [-0.4, -0.2) is 66.2 Å². The molecule has 0 amide bonds. The van der Waals surface area contributed by atoms with E-state index in [4.69, 9.17) is 14.7 Å². The van der Waals surface area contributed by atoms with Crippen LogP contribution in [-0.2, 0) is 4.74 Å². The molecule has 1 aliphatic heterocycles. The van der Waals surface area contributed by atoms with Gasteiger partial charge in [0.2, 0.25) is 0 Å². The highest BCUT2D eigenvalue weighted by Crippen LogP contribution is 2.20. The third kappa shape index (κ3) is 1.94. The summed E-state index contributed by atoms with van der Waals surface area (Å²) in [6, 6.07) is 0. The van der Waals surface area contributed by atoms with Crippen molar-refractivity contribution in [2.75, 3.05) is 6.61 Å². The van der Waals surface area contributed by atoms with Crippen molar-refractivity contribution in [3.05, 3.63) is 23.0 Å². The first-order valence-electron chi connectivity index (χ1n) is 5.82. The van der Waals surface area contributed by atoms with Crippen molar-refractivity contribution in [1.82, 2.24) is 19.7 Å². The normalized spacial score (nSPS) is 29.9. The van der Waals surface area contributed by atoms with Crippen molar-refractivity contribution < 1.29 is 24.9 Å². The van der Waals surface area contributed by atoms with Gasteiger partial charge < -0.3 is 29.9 Å². The lowest BCUT2D eigenvalue weighted by atomic mass is 10.1. The second kappa shape index (κ2) is 4.83. The van der Waals surface area contributed by atoms with Crippen molar-refractivity contribution >= 4 is 11.2 Å². The Labute approximate surface area is 111 Å². The second-order valence-corrected chi connectivity index (χ2v) is 4.29. The number of nitrogens with zero attached hydrogens (tertiary/aromatic N) is 3. The lowest BCUT2D eigenvalue weighted by Gasteiger charge is -2.16. The topological polar surface area (TPSA) is 143 Å². The number of aliphatic hydroxyl groups excluding tert-OH is 3. The molecule has 4 atom stereocenters. The molecule has 3 rings (SSSR count). The summed E-state index contributed by atoms with van der Waals surface area (Å²) < 4.78 is 6.26. The molecule has 3 heterocycles. The van der Waals surface area contributed by atoms with Gasteiger partial charge in [0, 0.05) is 0 Å². The number of imidazole rings is 1. The number of aromatic amines is 1. The van der Waals surface area contributed by atoms with Gasteiger partial charge >= 0.3 is 5.56 Å². The second-order valence-electron chi connectivity index (χ2n) is 4.29. The van der Waals surface area contributed by atoms with Gasteiger partial charge in [0.05, 0.1) is 12.9 Å². The van der Waals surface area contributed by atoms with Crippen LogP contribution in [0.1, 0.15) is 0 Å². The van der Waals surface area contributed by atoms with Gasteiger partial charge in [-0.1, -0.05) is 0 Å². The molecule has 1 aliphatic rings. The zero-order chi connectivity index (χ0) is 14.3. The number of aromatic nitrogens is 4. The van der Waals surface area contributed by atoms with E-state index in [1.54, 1.807) is 0 Å². The molecule has 20 heavy (non-hydrogen) atoms. The van der Waals surface area contributed by atoms with Crippen LogP contribution in [0.4, 0.5) is 0 Å². The summed E-state index contributed by atoms with van der Waals surface area (Å²) in [5, 5.41) is 28.3. The van der Waals surface area contributed by atoms with Gasteiger partial charge in [-0.05, 0) is 0 Å². The number of nitrogens with one attached hydrogen (secondary N) is 1. The Morgan fingerprint density at radius 2 is 2.20 bits per heavy atom. The first-order chi connectivity index (χ1) is 9.61. The van der Waals surface area contributed by atoms with E-state index in [0.717, 1.165) is 4.73 Å². The van der Waals surface area contributed by atoms with E-state index in [-0.39, 0.29) is 11.2 Å². The van der Waals surface area contributed by atoms with Crippen LogP contribution in [0.25, 0.3) is 11.2 Å². The number of ether oxygens (including phenoxy) is 1. The van der Waals surface area contributed by atoms with E-state index in [2.05, 4.69) is 15.0 Å². The number of hydrogen-bond acceptors (Lipinski definition) is 8. The van der Waals surface area contributed by atoms with Gasteiger partial charge in [-0.15, -0.1) is 0 Å². The Hall–Kier alpha value is -2.01. The summed E-state index contributed by atoms with van der Waals surface area (Å²) in [5.41, 5.74) is -0.218. The molecule has 0 radical (unpaired) electrons. The molecule has 1 saturated heterocycles. The van der Waals surface area contributed by atoms with Crippen LogP contribution in [0.3, 0.4) is 0 Å². The van der Waals surface area contributed by atoms with Crippen LogP contribution in [0.15, 0.2) is 17.4 Å². The third-order valence-corrected chi connectivity index (χ3v) is 3.04. The van der Waals surface area contributed by atoms with E-state index >= 15 is 0 Å². The van der Waals surface area contributed by atoms with Crippen LogP contribution < -0.4 is 10.4 Å². The fourth-order valence-electron chi connectivity index (χ4n) is 1.98. The van der Waals surface area contributed by atoms with Crippen LogP contribution in [0.5, 0.6) is 0 Å². The third-order valence-electron chi connectivity index (χ3n) is 3.04. The van der Waals surface area contributed by atoms with E-state index in [0.29, 0.717) is 0 Å². The molecule has 2 aromatic rings. The Bertz CT molecular complexity index is 669. The molecule has 0 spiro atoms. The molecular formula is C10H12N4O6. The zero-order valence-electron chi connectivity index (χ0n) is 10.1. The van der Waals surface area contributed by atoms with E-state index in [9.17, 15) is 15.0 Å². The first-order valence-corrected chi connectivity index (χ1v) is 5.82. The highest BCUT2D eigenvalue weighted by molar-refractivity contribution is 5.68. The van der Waals surface area contributed by atoms with Gasteiger partial charge in [0.15, 0.2) is 11.2 Å². The average Bonchev–Trinajstić information content (AvgIpc) is 2.97. The first kappa shape index (κ1) is 13.0. The Kier molecular flexibility index (Phi) is 3.14. The molecule has 0 saturated carbocycles. The SMILES string of the molecule is O=c1nc[nH]c2c1ncn2O[C@H]1O[C@H](CO)[C@@H](O)[C@H]1O. The summed E-state index contributed by atoms with van der Waals surface area (Å²) in [6.07, 6.45) is -2.34. The van der Waals surface area contributed by atoms with Gasteiger partial charge in [-0.2, -0.15) is 9.71 Å². The van der Waals surface area contributed by atoms with Crippen molar-refractivity contribution in [3.8, 4) is 0 Å². The maximum Gasteiger partial charge on any atom is 0.300 e.